The Morgan fingerprint density at radius 1 is 1.21 bits per heavy atom. The van der Waals surface area contributed by atoms with E-state index in [1.807, 2.05) is 5.38 Å². The van der Waals surface area contributed by atoms with Gasteiger partial charge in [-0.05, 0) is 12.6 Å². The molecule has 130 valence electrons. The number of thiazole rings is 1. The highest BCUT2D eigenvalue weighted by molar-refractivity contribution is 7.13. The monoisotopic (exact) mass is 367 g/mol. The fourth-order valence-electron chi connectivity index (χ4n) is 2.69. The molecule has 0 radical (unpaired) electrons. The normalized spacial score (nSPS) is 15.9. The molecule has 0 amide bonds. The second-order valence-electron chi connectivity index (χ2n) is 5.99. The average Bonchev–Trinajstić information content (AvgIpc) is 2.98. The lowest BCUT2D eigenvalue weighted by Gasteiger charge is -2.32. The fraction of sp³-hybridized carbons (Fsp3) is 0.412. The van der Waals surface area contributed by atoms with Crippen molar-refractivity contribution in [1.82, 2.24) is 14.8 Å². The van der Waals surface area contributed by atoms with Crippen molar-refractivity contribution in [2.24, 2.45) is 0 Å². The summed E-state index contributed by atoms with van der Waals surface area (Å²) >= 11 is 1.50. The van der Waals surface area contributed by atoms with Crippen molar-refractivity contribution in [3.63, 3.8) is 0 Å². The summed E-state index contributed by atoms with van der Waals surface area (Å²) in [5.74, 6) is -0.843. The summed E-state index contributed by atoms with van der Waals surface area (Å²) in [6, 6.07) is 8.45. The number of aliphatic carboxylic acids is 1. The number of benzene rings is 1. The van der Waals surface area contributed by atoms with Crippen LogP contribution in [0.3, 0.4) is 0 Å². The summed E-state index contributed by atoms with van der Waals surface area (Å²) in [5, 5.41) is 11.5. The highest BCUT2D eigenvalue weighted by Crippen LogP contribution is 2.24. The molecule has 1 saturated heterocycles. The molecule has 1 fully saturated rings. The van der Waals surface area contributed by atoms with Gasteiger partial charge < -0.3 is 10.0 Å². The minimum absolute atomic E-state index is 0. The molecular formula is C17H22ClN3O2S. The minimum atomic E-state index is -0.843. The van der Waals surface area contributed by atoms with E-state index in [1.165, 1.54) is 16.9 Å². The van der Waals surface area contributed by atoms with Crippen LogP contribution in [-0.4, -0.2) is 59.1 Å². The SMILES string of the molecule is CN1CCN(Cc2ccc(-c3nc(CC(=O)O)cs3)cc2)CC1.Cl. The third-order valence-electron chi connectivity index (χ3n) is 4.09. The predicted octanol–water partition coefficient (Wildman–Crippen LogP) is 2.61. The minimum Gasteiger partial charge on any atom is -0.481 e. The largest absolute Gasteiger partial charge is 0.481 e. The van der Waals surface area contributed by atoms with Crippen LogP contribution in [0, 0.1) is 0 Å². The molecule has 3 rings (SSSR count). The van der Waals surface area contributed by atoms with Crippen LogP contribution < -0.4 is 0 Å². The van der Waals surface area contributed by atoms with E-state index in [0.717, 1.165) is 43.3 Å². The Hall–Kier alpha value is -1.47. The molecule has 0 atom stereocenters. The van der Waals surface area contributed by atoms with Crippen molar-refractivity contribution in [2.45, 2.75) is 13.0 Å². The zero-order chi connectivity index (χ0) is 16.2. The molecule has 2 heterocycles. The van der Waals surface area contributed by atoms with Crippen molar-refractivity contribution in [2.75, 3.05) is 33.2 Å². The Morgan fingerprint density at radius 2 is 1.88 bits per heavy atom. The van der Waals surface area contributed by atoms with E-state index in [4.69, 9.17) is 5.11 Å². The van der Waals surface area contributed by atoms with Gasteiger partial charge in [-0.15, -0.1) is 23.7 Å². The molecule has 2 aromatic rings. The first-order chi connectivity index (χ1) is 11.1. The molecule has 1 N–H and O–H groups in total. The highest BCUT2D eigenvalue weighted by atomic mass is 35.5. The fourth-order valence-corrected chi connectivity index (χ4v) is 3.52. The van der Waals surface area contributed by atoms with Gasteiger partial charge in [0.25, 0.3) is 0 Å². The van der Waals surface area contributed by atoms with Gasteiger partial charge in [0.1, 0.15) is 5.01 Å². The summed E-state index contributed by atoms with van der Waals surface area (Å²) < 4.78 is 0. The Morgan fingerprint density at radius 3 is 2.50 bits per heavy atom. The van der Waals surface area contributed by atoms with Gasteiger partial charge in [0.05, 0.1) is 12.1 Å². The summed E-state index contributed by atoms with van der Waals surface area (Å²) in [6.45, 7) is 5.47. The third kappa shape index (κ3) is 5.01. The van der Waals surface area contributed by atoms with Crippen molar-refractivity contribution in [3.8, 4) is 10.6 Å². The van der Waals surface area contributed by atoms with Crippen LogP contribution in [0.4, 0.5) is 0 Å². The number of aromatic nitrogens is 1. The standard InChI is InChI=1S/C17H21N3O2S.ClH/c1-19-6-8-20(9-7-19)11-13-2-4-14(5-3-13)17-18-15(12-23-17)10-16(21)22;/h2-5,12H,6-11H2,1H3,(H,21,22);1H. The van der Waals surface area contributed by atoms with Crippen molar-refractivity contribution in [1.29, 1.82) is 0 Å². The van der Waals surface area contributed by atoms with Gasteiger partial charge in [-0.3, -0.25) is 9.69 Å². The number of hydrogen-bond donors (Lipinski definition) is 1. The molecule has 0 saturated carbocycles. The van der Waals surface area contributed by atoms with E-state index < -0.39 is 5.97 Å². The van der Waals surface area contributed by atoms with Crippen LogP contribution in [0.25, 0.3) is 10.6 Å². The van der Waals surface area contributed by atoms with Crippen LogP contribution in [0.1, 0.15) is 11.3 Å². The summed E-state index contributed by atoms with van der Waals surface area (Å²) in [7, 11) is 2.17. The van der Waals surface area contributed by atoms with Gasteiger partial charge in [0.2, 0.25) is 0 Å². The van der Waals surface area contributed by atoms with E-state index in [0.29, 0.717) is 5.69 Å². The molecular weight excluding hydrogens is 346 g/mol. The molecule has 0 aliphatic carbocycles. The van der Waals surface area contributed by atoms with E-state index in [9.17, 15) is 4.79 Å². The van der Waals surface area contributed by atoms with Gasteiger partial charge in [-0.2, -0.15) is 0 Å². The molecule has 0 unspecified atom stereocenters. The van der Waals surface area contributed by atoms with Crippen LogP contribution in [-0.2, 0) is 17.8 Å². The molecule has 1 aliphatic heterocycles. The topological polar surface area (TPSA) is 56.7 Å². The van der Waals surface area contributed by atoms with Gasteiger partial charge in [-0.1, -0.05) is 24.3 Å². The summed E-state index contributed by atoms with van der Waals surface area (Å²) in [6.07, 6.45) is -0.0159. The van der Waals surface area contributed by atoms with E-state index in [-0.39, 0.29) is 18.8 Å². The molecule has 1 aromatic carbocycles. The molecule has 0 bridgehead atoms. The highest BCUT2D eigenvalue weighted by Gasteiger charge is 2.14. The number of carboxylic acid groups (broad SMARTS) is 1. The number of likely N-dealkylation sites (N-methyl/N-ethyl adjacent to an activating group) is 1. The predicted molar refractivity (Wildman–Crippen MR) is 98.9 cm³/mol. The van der Waals surface area contributed by atoms with Gasteiger partial charge >= 0.3 is 5.97 Å². The van der Waals surface area contributed by atoms with Crippen LogP contribution in [0.5, 0.6) is 0 Å². The lowest BCUT2D eigenvalue weighted by atomic mass is 10.1. The van der Waals surface area contributed by atoms with Gasteiger partial charge in [-0.25, -0.2) is 4.98 Å². The summed E-state index contributed by atoms with van der Waals surface area (Å²) in [5.41, 5.74) is 2.98. The number of carbonyl (C=O) groups is 1. The molecule has 0 spiro atoms. The van der Waals surface area contributed by atoms with Gasteiger partial charge in [0, 0.05) is 43.7 Å². The number of nitrogens with zero attached hydrogens (tertiary/aromatic N) is 3. The van der Waals surface area contributed by atoms with E-state index in [2.05, 4.69) is 46.1 Å². The quantitative estimate of drug-likeness (QED) is 0.880. The first kappa shape index (κ1) is 18.9. The maximum Gasteiger partial charge on any atom is 0.309 e. The maximum absolute atomic E-state index is 10.7. The average molecular weight is 368 g/mol. The van der Waals surface area contributed by atoms with Crippen LogP contribution >= 0.6 is 23.7 Å². The van der Waals surface area contributed by atoms with Crippen molar-refractivity contribution >= 4 is 29.7 Å². The number of halogens is 1. The Kier molecular flexibility index (Phi) is 6.74. The Balaban J connectivity index is 0.00000208. The van der Waals surface area contributed by atoms with E-state index >= 15 is 0 Å². The smallest absolute Gasteiger partial charge is 0.309 e. The first-order valence-electron chi connectivity index (χ1n) is 7.76. The molecule has 5 nitrogen and oxygen atoms in total. The maximum atomic E-state index is 10.7. The zero-order valence-electron chi connectivity index (χ0n) is 13.6. The molecule has 1 aromatic heterocycles. The van der Waals surface area contributed by atoms with Gasteiger partial charge in [0.15, 0.2) is 0 Å². The Labute approximate surface area is 152 Å². The Bertz CT molecular complexity index is 667. The number of rotatable bonds is 5. The van der Waals surface area contributed by atoms with Crippen LogP contribution in [0.2, 0.25) is 0 Å². The van der Waals surface area contributed by atoms with E-state index in [1.54, 1.807) is 0 Å². The molecule has 24 heavy (non-hydrogen) atoms. The number of carboxylic acids is 1. The second-order valence-corrected chi connectivity index (χ2v) is 6.85. The first-order valence-corrected chi connectivity index (χ1v) is 8.64. The molecule has 7 heteroatoms. The van der Waals surface area contributed by atoms with Crippen molar-refractivity contribution < 1.29 is 9.90 Å². The lowest BCUT2D eigenvalue weighted by Crippen LogP contribution is -2.43. The molecule has 1 aliphatic rings. The third-order valence-corrected chi connectivity index (χ3v) is 5.03. The second kappa shape index (κ2) is 8.58. The van der Waals surface area contributed by atoms with Crippen LogP contribution in [0.15, 0.2) is 29.6 Å². The summed E-state index contributed by atoms with van der Waals surface area (Å²) in [4.78, 5) is 20.0. The zero-order valence-corrected chi connectivity index (χ0v) is 15.3. The number of hydrogen-bond acceptors (Lipinski definition) is 5. The lowest BCUT2D eigenvalue weighted by molar-refractivity contribution is -0.136. The van der Waals surface area contributed by atoms with Crippen molar-refractivity contribution in [3.05, 3.63) is 40.9 Å². The number of piperazine rings is 1.